The van der Waals surface area contributed by atoms with E-state index in [4.69, 9.17) is 9.15 Å². The van der Waals surface area contributed by atoms with Crippen LogP contribution < -0.4 is 10.1 Å². The highest BCUT2D eigenvalue weighted by Crippen LogP contribution is 2.28. The summed E-state index contributed by atoms with van der Waals surface area (Å²) in [5, 5.41) is 13.6. The van der Waals surface area contributed by atoms with E-state index in [1.807, 2.05) is 0 Å². The van der Waals surface area contributed by atoms with Gasteiger partial charge in [0.15, 0.2) is 5.76 Å². The molecule has 0 spiro atoms. The zero-order chi connectivity index (χ0) is 20.3. The average molecular weight is 384 g/mol. The Morgan fingerprint density at radius 1 is 1.18 bits per heavy atom. The van der Waals surface area contributed by atoms with E-state index < -0.39 is 34.1 Å². The van der Waals surface area contributed by atoms with E-state index in [1.54, 1.807) is 19.1 Å². The van der Waals surface area contributed by atoms with Gasteiger partial charge in [-0.2, -0.15) is 0 Å². The van der Waals surface area contributed by atoms with Gasteiger partial charge in [-0.3, -0.25) is 14.9 Å². The molecule has 0 bridgehead atoms. The fourth-order valence-electron chi connectivity index (χ4n) is 2.35. The van der Waals surface area contributed by atoms with Gasteiger partial charge in [0.2, 0.25) is 5.75 Å². The Hall–Kier alpha value is -4.01. The molecule has 1 amide bonds. The fraction of sp³-hybridized carbons (Fsp3) is 0.0526. The van der Waals surface area contributed by atoms with Crippen LogP contribution in [0.5, 0.6) is 5.75 Å². The third-order valence-corrected chi connectivity index (χ3v) is 3.79. The number of anilines is 1. The van der Waals surface area contributed by atoms with Crippen LogP contribution in [0.3, 0.4) is 0 Å². The topological polar surface area (TPSA) is 112 Å². The van der Waals surface area contributed by atoms with Crippen molar-refractivity contribution in [2.24, 2.45) is 0 Å². The number of nitrogens with one attached hydrogen (secondary N) is 1. The minimum absolute atomic E-state index is 0.0129. The zero-order valence-electron chi connectivity index (χ0n) is 14.5. The van der Waals surface area contributed by atoms with Crippen LogP contribution in [-0.2, 0) is 0 Å². The third kappa shape index (κ3) is 4.04. The van der Waals surface area contributed by atoms with Gasteiger partial charge < -0.3 is 14.5 Å². The van der Waals surface area contributed by atoms with E-state index in [2.05, 4.69) is 5.32 Å². The molecule has 0 saturated carbocycles. The number of nitro benzene ring substituents is 1. The number of hydrogen-bond donors (Lipinski definition) is 1. The van der Waals surface area contributed by atoms with Gasteiger partial charge in [0, 0.05) is 17.8 Å². The lowest BCUT2D eigenvalue weighted by Crippen LogP contribution is -2.14. The number of carbonyl (C=O) groups is 2. The van der Waals surface area contributed by atoms with Gasteiger partial charge in [-0.25, -0.2) is 9.18 Å². The highest BCUT2D eigenvalue weighted by atomic mass is 19.1. The standard InChI is InChI=1S/C19H13FN2O6/c1-11-4-5-12(9-14(11)21-18(23)16-3-2-8-27-16)19(24)28-17-10-13(20)6-7-15(17)22(25)26/h2-10H,1H3,(H,21,23). The summed E-state index contributed by atoms with van der Waals surface area (Å²) >= 11 is 0. The first kappa shape index (κ1) is 18.8. The molecule has 0 unspecified atom stereocenters. The molecule has 0 atom stereocenters. The Kier molecular flexibility index (Phi) is 5.16. The summed E-state index contributed by atoms with van der Waals surface area (Å²) in [5.41, 5.74) is 0.449. The van der Waals surface area contributed by atoms with Crippen molar-refractivity contribution in [3.8, 4) is 5.75 Å². The molecule has 142 valence electrons. The number of nitrogens with zero attached hydrogens (tertiary/aromatic N) is 1. The second-order valence-electron chi connectivity index (χ2n) is 5.72. The van der Waals surface area contributed by atoms with Crippen LogP contribution in [0, 0.1) is 22.9 Å². The Bertz CT molecular complexity index is 1060. The van der Waals surface area contributed by atoms with Crippen molar-refractivity contribution in [2.45, 2.75) is 6.92 Å². The molecule has 1 aromatic heterocycles. The Morgan fingerprint density at radius 2 is 1.96 bits per heavy atom. The number of halogens is 1. The van der Waals surface area contributed by atoms with Crippen molar-refractivity contribution in [3.05, 3.63) is 87.6 Å². The number of ether oxygens (including phenoxy) is 1. The van der Waals surface area contributed by atoms with Crippen molar-refractivity contribution in [3.63, 3.8) is 0 Å². The first-order valence-electron chi connectivity index (χ1n) is 7.97. The molecule has 0 radical (unpaired) electrons. The Balaban J connectivity index is 1.84. The normalized spacial score (nSPS) is 10.4. The third-order valence-electron chi connectivity index (χ3n) is 3.79. The largest absolute Gasteiger partial charge is 0.459 e. The molecule has 0 aliphatic carbocycles. The van der Waals surface area contributed by atoms with Crippen molar-refractivity contribution in [2.75, 3.05) is 5.32 Å². The molecule has 1 N–H and O–H groups in total. The number of esters is 1. The van der Waals surface area contributed by atoms with Crippen LogP contribution in [0.1, 0.15) is 26.5 Å². The Labute approximate surface area is 157 Å². The van der Waals surface area contributed by atoms with Crippen LogP contribution >= 0.6 is 0 Å². The second kappa shape index (κ2) is 7.70. The lowest BCUT2D eigenvalue weighted by atomic mass is 10.1. The number of carbonyl (C=O) groups excluding carboxylic acids is 2. The summed E-state index contributed by atoms with van der Waals surface area (Å²) in [5.74, 6) is -2.68. The monoisotopic (exact) mass is 384 g/mol. The molecule has 0 fully saturated rings. The van der Waals surface area contributed by atoms with Gasteiger partial charge in [-0.05, 0) is 42.8 Å². The molecule has 0 aliphatic rings. The fourth-order valence-corrected chi connectivity index (χ4v) is 2.35. The van der Waals surface area contributed by atoms with Crippen molar-refractivity contribution < 1.29 is 28.1 Å². The summed E-state index contributed by atoms with van der Waals surface area (Å²) in [6.07, 6.45) is 1.35. The molecule has 3 aromatic rings. The number of benzene rings is 2. The lowest BCUT2D eigenvalue weighted by Gasteiger charge is -2.10. The summed E-state index contributed by atoms with van der Waals surface area (Å²) < 4.78 is 23.4. The van der Waals surface area contributed by atoms with E-state index in [1.165, 1.54) is 24.5 Å². The van der Waals surface area contributed by atoms with Crippen LogP contribution in [0.25, 0.3) is 0 Å². The summed E-state index contributed by atoms with van der Waals surface area (Å²) in [7, 11) is 0. The van der Waals surface area contributed by atoms with Crippen LogP contribution in [0.4, 0.5) is 15.8 Å². The van der Waals surface area contributed by atoms with Crippen LogP contribution in [-0.4, -0.2) is 16.8 Å². The maximum atomic E-state index is 13.4. The quantitative estimate of drug-likeness (QED) is 0.307. The second-order valence-corrected chi connectivity index (χ2v) is 5.72. The van der Waals surface area contributed by atoms with Crippen molar-refractivity contribution in [1.82, 2.24) is 0 Å². The summed E-state index contributed by atoms with van der Waals surface area (Å²) in [6.45, 7) is 1.71. The molecule has 1 heterocycles. The van der Waals surface area contributed by atoms with E-state index in [9.17, 15) is 24.1 Å². The van der Waals surface area contributed by atoms with E-state index >= 15 is 0 Å². The Morgan fingerprint density at radius 3 is 2.64 bits per heavy atom. The van der Waals surface area contributed by atoms with Gasteiger partial charge in [-0.15, -0.1) is 0 Å². The molecule has 3 rings (SSSR count). The number of aryl methyl sites for hydroxylation is 1. The lowest BCUT2D eigenvalue weighted by molar-refractivity contribution is -0.385. The minimum atomic E-state index is -0.942. The highest BCUT2D eigenvalue weighted by molar-refractivity contribution is 6.03. The van der Waals surface area contributed by atoms with E-state index in [0.29, 0.717) is 11.3 Å². The number of amides is 1. The van der Waals surface area contributed by atoms with E-state index in [-0.39, 0.29) is 11.3 Å². The molecule has 28 heavy (non-hydrogen) atoms. The predicted octanol–water partition coefficient (Wildman–Crippen LogP) is 4.11. The zero-order valence-corrected chi connectivity index (χ0v) is 14.5. The van der Waals surface area contributed by atoms with Crippen LogP contribution in [0.15, 0.2) is 59.2 Å². The van der Waals surface area contributed by atoms with Crippen molar-refractivity contribution >= 4 is 23.3 Å². The number of hydrogen-bond acceptors (Lipinski definition) is 6. The maximum Gasteiger partial charge on any atom is 0.343 e. The summed E-state index contributed by atoms with van der Waals surface area (Å²) in [4.78, 5) is 34.7. The molecule has 0 aliphatic heterocycles. The SMILES string of the molecule is Cc1ccc(C(=O)Oc2cc(F)ccc2[N+](=O)[O-])cc1NC(=O)c1ccco1. The van der Waals surface area contributed by atoms with E-state index in [0.717, 1.165) is 18.2 Å². The van der Waals surface area contributed by atoms with Gasteiger partial charge in [-0.1, -0.05) is 6.07 Å². The molecular formula is C19H13FN2O6. The van der Waals surface area contributed by atoms with Gasteiger partial charge in [0.1, 0.15) is 5.82 Å². The van der Waals surface area contributed by atoms with Crippen LogP contribution in [0.2, 0.25) is 0 Å². The smallest absolute Gasteiger partial charge is 0.343 e. The number of rotatable bonds is 5. The predicted molar refractivity (Wildman–Crippen MR) is 95.9 cm³/mol. The van der Waals surface area contributed by atoms with Gasteiger partial charge in [0.05, 0.1) is 16.7 Å². The highest BCUT2D eigenvalue weighted by Gasteiger charge is 2.21. The van der Waals surface area contributed by atoms with Gasteiger partial charge in [0.25, 0.3) is 5.91 Å². The first-order chi connectivity index (χ1) is 13.3. The molecule has 9 heteroatoms. The number of nitro groups is 1. The minimum Gasteiger partial charge on any atom is -0.459 e. The summed E-state index contributed by atoms with van der Waals surface area (Å²) in [6, 6.07) is 9.92. The van der Waals surface area contributed by atoms with Gasteiger partial charge >= 0.3 is 11.7 Å². The molecule has 0 saturated heterocycles. The first-order valence-corrected chi connectivity index (χ1v) is 7.97. The average Bonchev–Trinajstić information content (AvgIpc) is 3.18. The maximum absolute atomic E-state index is 13.4. The molecular weight excluding hydrogens is 371 g/mol. The molecule has 8 nitrogen and oxygen atoms in total. The number of furan rings is 1. The molecule has 2 aromatic carbocycles. The van der Waals surface area contributed by atoms with Crippen molar-refractivity contribution in [1.29, 1.82) is 0 Å².